The van der Waals surface area contributed by atoms with E-state index in [0.29, 0.717) is 11.6 Å². The van der Waals surface area contributed by atoms with Gasteiger partial charge in [-0.2, -0.15) is 0 Å². The Kier molecular flexibility index (Phi) is 4.73. The zero-order valence-electron chi connectivity index (χ0n) is 11.8. The highest BCUT2D eigenvalue weighted by atomic mass is 35.5. The molecule has 0 saturated heterocycles. The lowest BCUT2D eigenvalue weighted by Gasteiger charge is -2.08. The van der Waals surface area contributed by atoms with Gasteiger partial charge in [0.05, 0.1) is 18.0 Å². The molecule has 0 aliphatic heterocycles. The van der Waals surface area contributed by atoms with E-state index >= 15 is 0 Å². The lowest BCUT2D eigenvalue weighted by Crippen LogP contribution is -2.17. The molecule has 0 fully saturated rings. The number of para-hydroxylation sites is 1. The summed E-state index contributed by atoms with van der Waals surface area (Å²) in [5.41, 5.74) is 2.81. The van der Waals surface area contributed by atoms with Crippen molar-refractivity contribution < 1.29 is 5.11 Å². The van der Waals surface area contributed by atoms with Crippen LogP contribution in [0, 0.1) is 0 Å². The van der Waals surface area contributed by atoms with Gasteiger partial charge in [0, 0.05) is 22.5 Å². The van der Waals surface area contributed by atoms with Gasteiger partial charge in [0.15, 0.2) is 4.80 Å². The third-order valence-electron chi connectivity index (χ3n) is 3.25. The molecule has 0 saturated carbocycles. The highest BCUT2D eigenvalue weighted by molar-refractivity contribution is 7.07. The largest absolute Gasteiger partial charge is 0.395 e. The van der Waals surface area contributed by atoms with E-state index in [0.717, 1.165) is 21.7 Å². The van der Waals surface area contributed by atoms with Crippen LogP contribution in [-0.2, 0) is 6.54 Å². The molecule has 1 heterocycles. The van der Waals surface area contributed by atoms with Crippen LogP contribution < -0.4 is 4.80 Å². The van der Waals surface area contributed by atoms with E-state index in [4.69, 9.17) is 11.6 Å². The molecule has 22 heavy (non-hydrogen) atoms. The first kappa shape index (κ1) is 15.0. The molecule has 3 rings (SSSR count). The van der Waals surface area contributed by atoms with Crippen molar-refractivity contribution in [3.05, 3.63) is 69.8 Å². The minimum Gasteiger partial charge on any atom is -0.395 e. The Balaban J connectivity index is 2.14. The first-order chi connectivity index (χ1) is 10.8. The van der Waals surface area contributed by atoms with Crippen molar-refractivity contribution in [3.8, 4) is 11.3 Å². The Morgan fingerprint density at radius 2 is 1.77 bits per heavy atom. The maximum Gasteiger partial charge on any atom is 0.190 e. The van der Waals surface area contributed by atoms with Crippen molar-refractivity contribution in [2.75, 3.05) is 6.61 Å². The molecule has 0 aliphatic rings. The van der Waals surface area contributed by atoms with Crippen molar-refractivity contribution in [1.82, 2.24) is 4.57 Å². The SMILES string of the molecule is OCCn1c(-c2ccccc2Cl)csc1=Nc1ccccc1. The smallest absolute Gasteiger partial charge is 0.190 e. The Morgan fingerprint density at radius 1 is 1.05 bits per heavy atom. The normalized spacial score (nSPS) is 11.8. The Bertz CT molecular complexity index is 824. The molecule has 0 amide bonds. The Hall–Kier alpha value is -1.88. The van der Waals surface area contributed by atoms with Crippen LogP contribution in [0.2, 0.25) is 5.02 Å². The molecule has 3 nitrogen and oxygen atoms in total. The van der Waals surface area contributed by atoms with Crippen LogP contribution >= 0.6 is 22.9 Å². The maximum absolute atomic E-state index is 9.38. The van der Waals surface area contributed by atoms with Crippen molar-refractivity contribution in [1.29, 1.82) is 0 Å². The molecule has 1 aromatic heterocycles. The van der Waals surface area contributed by atoms with Crippen LogP contribution in [-0.4, -0.2) is 16.3 Å². The maximum atomic E-state index is 9.38. The summed E-state index contributed by atoms with van der Waals surface area (Å²) in [7, 11) is 0. The highest BCUT2D eigenvalue weighted by Crippen LogP contribution is 2.28. The molecule has 0 atom stereocenters. The highest BCUT2D eigenvalue weighted by Gasteiger charge is 2.10. The molecule has 2 aromatic carbocycles. The van der Waals surface area contributed by atoms with Crippen LogP contribution in [0.15, 0.2) is 65.0 Å². The molecule has 0 radical (unpaired) electrons. The molecule has 0 aliphatic carbocycles. The fourth-order valence-corrected chi connectivity index (χ4v) is 3.41. The van der Waals surface area contributed by atoms with Gasteiger partial charge in [-0.1, -0.05) is 48.0 Å². The van der Waals surface area contributed by atoms with Gasteiger partial charge in [-0.25, -0.2) is 4.99 Å². The molecule has 5 heteroatoms. The van der Waals surface area contributed by atoms with Gasteiger partial charge in [0.1, 0.15) is 0 Å². The number of halogens is 1. The standard InChI is InChI=1S/C17H15ClN2OS/c18-15-9-5-4-8-14(15)16-12-22-17(20(16)10-11-21)19-13-6-2-1-3-7-13/h1-9,12,21H,10-11H2. The second-order valence-corrected chi connectivity index (χ2v) is 5.95. The average Bonchev–Trinajstić information content (AvgIpc) is 2.92. The number of hydrogen-bond donors (Lipinski definition) is 1. The molecule has 0 bridgehead atoms. The summed E-state index contributed by atoms with van der Waals surface area (Å²) >= 11 is 7.84. The van der Waals surface area contributed by atoms with E-state index in [-0.39, 0.29) is 6.61 Å². The van der Waals surface area contributed by atoms with E-state index in [1.54, 1.807) is 11.3 Å². The van der Waals surface area contributed by atoms with E-state index in [2.05, 4.69) is 4.99 Å². The number of aliphatic hydroxyl groups excluding tert-OH is 1. The monoisotopic (exact) mass is 330 g/mol. The van der Waals surface area contributed by atoms with Crippen LogP contribution in [0.4, 0.5) is 5.69 Å². The third kappa shape index (κ3) is 3.14. The van der Waals surface area contributed by atoms with Crippen LogP contribution in [0.3, 0.4) is 0 Å². The topological polar surface area (TPSA) is 37.5 Å². The lowest BCUT2D eigenvalue weighted by atomic mass is 10.2. The second kappa shape index (κ2) is 6.92. The zero-order chi connectivity index (χ0) is 15.4. The predicted molar refractivity (Wildman–Crippen MR) is 91.5 cm³/mol. The Morgan fingerprint density at radius 3 is 2.50 bits per heavy atom. The third-order valence-corrected chi connectivity index (χ3v) is 4.45. The van der Waals surface area contributed by atoms with E-state index < -0.39 is 0 Å². The minimum atomic E-state index is 0.0517. The molecule has 1 N–H and O–H groups in total. The van der Waals surface area contributed by atoms with Gasteiger partial charge >= 0.3 is 0 Å². The summed E-state index contributed by atoms with van der Waals surface area (Å²) in [5.74, 6) is 0. The molecule has 0 unspecified atom stereocenters. The van der Waals surface area contributed by atoms with E-state index in [1.807, 2.05) is 64.5 Å². The van der Waals surface area contributed by atoms with Gasteiger partial charge < -0.3 is 9.67 Å². The number of hydrogen-bond acceptors (Lipinski definition) is 3. The van der Waals surface area contributed by atoms with Gasteiger partial charge in [0.25, 0.3) is 0 Å². The predicted octanol–water partition coefficient (Wildman–Crippen LogP) is 4.09. The van der Waals surface area contributed by atoms with Crippen LogP contribution in [0.1, 0.15) is 0 Å². The number of benzene rings is 2. The first-order valence-electron chi connectivity index (χ1n) is 6.93. The Labute approximate surface area is 137 Å². The molecule has 112 valence electrons. The summed E-state index contributed by atoms with van der Waals surface area (Å²) in [6, 6.07) is 17.5. The number of thiazole rings is 1. The van der Waals surface area contributed by atoms with Crippen molar-refractivity contribution in [3.63, 3.8) is 0 Å². The molecule has 3 aromatic rings. The number of nitrogens with zero attached hydrogens (tertiary/aromatic N) is 2. The summed E-state index contributed by atoms with van der Waals surface area (Å²) in [5, 5.41) is 12.1. The van der Waals surface area contributed by atoms with Crippen LogP contribution in [0.25, 0.3) is 11.3 Å². The second-order valence-electron chi connectivity index (χ2n) is 4.71. The summed E-state index contributed by atoms with van der Waals surface area (Å²) < 4.78 is 2.00. The first-order valence-corrected chi connectivity index (χ1v) is 8.19. The number of aliphatic hydroxyl groups is 1. The number of aromatic nitrogens is 1. The summed E-state index contributed by atoms with van der Waals surface area (Å²) in [6.07, 6.45) is 0. The van der Waals surface area contributed by atoms with Crippen molar-refractivity contribution in [2.24, 2.45) is 4.99 Å². The van der Waals surface area contributed by atoms with E-state index in [1.165, 1.54) is 0 Å². The fraction of sp³-hybridized carbons (Fsp3) is 0.118. The van der Waals surface area contributed by atoms with E-state index in [9.17, 15) is 5.11 Å². The average molecular weight is 331 g/mol. The van der Waals surface area contributed by atoms with Gasteiger partial charge in [-0.05, 0) is 18.2 Å². The minimum absolute atomic E-state index is 0.0517. The molecule has 0 spiro atoms. The van der Waals surface area contributed by atoms with Gasteiger partial charge in [-0.3, -0.25) is 0 Å². The summed E-state index contributed by atoms with van der Waals surface area (Å²) in [6.45, 7) is 0.534. The van der Waals surface area contributed by atoms with Crippen molar-refractivity contribution in [2.45, 2.75) is 6.54 Å². The fourth-order valence-electron chi connectivity index (χ4n) is 2.23. The zero-order valence-corrected chi connectivity index (χ0v) is 13.4. The quantitative estimate of drug-likeness (QED) is 0.768. The summed E-state index contributed by atoms with van der Waals surface area (Å²) in [4.78, 5) is 5.51. The van der Waals surface area contributed by atoms with Gasteiger partial charge in [0.2, 0.25) is 0 Å². The van der Waals surface area contributed by atoms with Crippen molar-refractivity contribution >= 4 is 28.6 Å². The number of rotatable bonds is 4. The molecular weight excluding hydrogens is 316 g/mol. The van der Waals surface area contributed by atoms with Crippen LogP contribution in [0.5, 0.6) is 0 Å². The van der Waals surface area contributed by atoms with Gasteiger partial charge in [-0.15, -0.1) is 11.3 Å². The lowest BCUT2D eigenvalue weighted by molar-refractivity contribution is 0.275. The molecular formula is C17H15ClN2OS.